The lowest BCUT2D eigenvalue weighted by Gasteiger charge is -2.26. The number of carbonyl (C=O) groups is 1. The monoisotopic (exact) mass is 594 g/mol. The van der Waals surface area contributed by atoms with Crippen LogP contribution in [0.25, 0.3) is 0 Å². The first kappa shape index (κ1) is 30.9. The molecule has 14 heteroatoms. The van der Waals surface area contributed by atoms with E-state index in [1.807, 2.05) is 6.07 Å². The van der Waals surface area contributed by atoms with Gasteiger partial charge in [-0.3, -0.25) is 15.1 Å². The molecule has 1 saturated carbocycles. The predicted octanol–water partition coefficient (Wildman–Crippen LogP) is 1.84. The molecule has 1 fully saturated rings. The Bertz CT molecular complexity index is 1530. The molecule has 0 bridgehead atoms. The molecule has 2 unspecified atom stereocenters. The molecule has 3 rings (SSSR count). The summed E-state index contributed by atoms with van der Waals surface area (Å²) in [7, 11) is -7.46. The van der Waals surface area contributed by atoms with Crippen LogP contribution in [0.1, 0.15) is 25.3 Å². The highest BCUT2D eigenvalue weighted by molar-refractivity contribution is 7.91. The van der Waals surface area contributed by atoms with Crippen LogP contribution in [0.3, 0.4) is 0 Å². The summed E-state index contributed by atoms with van der Waals surface area (Å²) in [6.45, 7) is 0.795. The zero-order chi connectivity index (χ0) is 29.6. The number of sulfone groups is 2. The van der Waals surface area contributed by atoms with Crippen molar-refractivity contribution in [3.8, 4) is 23.7 Å². The van der Waals surface area contributed by atoms with Gasteiger partial charge in [0.05, 0.1) is 28.4 Å². The van der Waals surface area contributed by atoms with Crippen molar-refractivity contribution < 1.29 is 35.1 Å². The standard InChI is InChI=1S/C26H28F2N4O6S2/c1-3-5-23(26(27,28)38-21-7-9-22(10-8-21)39(2,34)35)31-15-20(24(33)32-25(18-29)11-12-25)17-40(36,37)16-19-6-4-13-30-14-19/h4,6-10,13-14,20,23,31H,11-12,15-17H2,1-2H3,(H,32,33). The van der Waals surface area contributed by atoms with Crippen molar-refractivity contribution >= 4 is 25.6 Å². The van der Waals surface area contributed by atoms with E-state index in [1.165, 1.54) is 19.3 Å². The molecular weight excluding hydrogens is 566 g/mol. The van der Waals surface area contributed by atoms with Crippen LogP contribution in [0.2, 0.25) is 0 Å². The highest BCUT2D eigenvalue weighted by atomic mass is 32.2. The fourth-order valence-corrected chi connectivity index (χ4v) is 6.00. The van der Waals surface area contributed by atoms with Crippen LogP contribution in [0.4, 0.5) is 8.78 Å². The topological polar surface area (TPSA) is 155 Å². The average molecular weight is 595 g/mol. The quantitative estimate of drug-likeness (QED) is 0.331. The highest BCUT2D eigenvalue weighted by Crippen LogP contribution is 2.34. The van der Waals surface area contributed by atoms with E-state index in [2.05, 4.69) is 27.5 Å². The molecule has 10 nitrogen and oxygen atoms in total. The van der Waals surface area contributed by atoms with Crippen molar-refractivity contribution in [2.45, 2.75) is 48.1 Å². The van der Waals surface area contributed by atoms with Crippen LogP contribution >= 0.6 is 0 Å². The molecule has 1 amide bonds. The average Bonchev–Trinajstić information content (AvgIpc) is 3.65. The lowest BCUT2D eigenvalue weighted by Crippen LogP contribution is -2.52. The van der Waals surface area contributed by atoms with Gasteiger partial charge in [0.2, 0.25) is 5.91 Å². The maximum atomic E-state index is 15.1. The summed E-state index contributed by atoms with van der Waals surface area (Å²) in [6, 6.07) is 7.50. The number of pyridine rings is 1. The first-order valence-corrected chi connectivity index (χ1v) is 15.8. The zero-order valence-electron chi connectivity index (χ0n) is 21.7. The van der Waals surface area contributed by atoms with Crippen molar-refractivity contribution in [1.82, 2.24) is 15.6 Å². The van der Waals surface area contributed by atoms with Crippen LogP contribution in [0, 0.1) is 29.1 Å². The summed E-state index contributed by atoms with van der Waals surface area (Å²) >= 11 is 0. The summed E-state index contributed by atoms with van der Waals surface area (Å²) in [5, 5.41) is 14.3. The van der Waals surface area contributed by atoms with E-state index < -0.39 is 67.2 Å². The molecule has 0 aliphatic heterocycles. The van der Waals surface area contributed by atoms with Crippen LogP contribution in [0.15, 0.2) is 53.7 Å². The number of alkyl halides is 2. The van der Waals surface area contributed by atoms with E-state index in [4.69, 9.17) is 4.74 Å². The molecule has 0 radical (unpaired) electrons. The maximum Gasteiger partial charge on any atom is 0.425 e. The van der Waals surface area contributed by atoms with Crippen molar-refractivity contribution in [3.05, 3.63) is 54.4 Å². The third-order valence-electron chi connectivity index (χ3n) is 5.96. The third kappa shape index (κ3) is 8.71. The molecule has 2 aromatic rings. The lowest BCUT2D eigenvalue weighted by molar-refractivity contribution is -0.187. The van der Waals surface area contributed by atoms with Crippen LogP contribution in [0.5, 0.6) is 5.75 Å². The minimum absolute atomic E-state index is 0.0849. The molecule has 1 aliphatic carbocycles. The number of benzene rings is 1. The summed E-state index contributed by atoms with van der Waals surface area (Å²) in [6.07, 6.45) is 0.643. The van der Waals surface area contributed by atoms with E-state index in [9.17, 15) is 26.9 Å². The molecule has 1 aromatic carbocycles. The second kappa shape index (κ2) is 12.3. The molecule has 40 heavy (non-hydrogen) atoms. The Labute approximate surface area is 232 Å². The van der Waals surface area contributed by atoms with Gasteiger partial charge in [0, 0.05) is 25.2 Å². The Morgan fingerprint density at radius 2 is 1.88 bits per heavy atom. The Kier molecular flexibility index (Phi) is 9.51. The van der Waals surface area contributed by atoms with Crippen LogP contribution in [-0.2, 0) is 30.2 Å². The Morgan fingerprint density at radius 3 is 2.40 bits per heavy atom. The molecule has 0 spiro atoms. The molecular formula is C26H28F2N4O6S2. The number of aromatic nitrogens is 1. The van der Waals surface area contributed by atoms with Crippen molar-refractivity contribution in [3.63, 3.8) is 0 Å². The Hall–Kier alpha value is -3.59. The zero-order valence-corrected chi connectivity index (χ0v) is 23.4. The fraction of sp³-hybridized carbons (Fsp3) is 0.423. The number of halogens is 2. The number of amides is 1. The molecule has 1 aromatic heterocycles. The Balaban J connectivity index is 1.78. The normalized spacial score (nSPS) is 16.0. The van der Waals surface area contributed by atoms with E-state index in [0.717, 1.165) is 30.5 Å². The first-order valence-electron chi connectivity index (χ1n) is 12.0. The molecule has 0 saturated heterocycles. The van der Waals surface area contributed by atoms with Gasteiger partial charge in [0.15, 0.2) is 25.7 Å². The van der Waals surface area contributed by atoms with Gasteiger partial charge < -0.3 is 10.1 Å². The second-order valence-corrected chi connectivity index (χ2v) is 13.6. The smallest absolute Gasteiger partial charge is 0.425 e. The van der Waals surface area contributed by atoms with Gasteiger partial charge in [-0.1, -0.05) is 12.0 Å². The van der Waals surface area contributed by atoms with Crippen molar-refractivity contribution in [1.29, 1.82) is 5.26 Å². The van der Waals surface area contributed by atoms with E-state index in [1.54, 1.807) is 12.1 Å². The summed E-state index contributed by atoms with van der Waals surface area (Å²) in [4.78, 5) is 16.8. The van der Waals surface area contributed by atoms with Gasteiger partial charge in [-0.25, -0.2) is 16.8 Å². The predicted molar refractivity (Wildman–Crippen MR) is 141 cm³/mol. The van der Waals surface area contributed by atoms with Crippen LogP contribution in [-0.4, -0.2) is 64.0 Å². The molecule has 1 aliphatic rings. The van der Waals surface area contributed by atoms with Gasteiger partial charge in [-0.15, -0.1) is 5.92 Å². The first-order chi connectivity index (χ1) is 18.7. The van der Waals surface area contributed by atoms with Gasteiger partial charge in [0.1, 0.15) is 11.3 Å². The molecule has 2 N–H and O–H groups in total. The fourth-order valence-electron chi connectivity index (χ4n) is 3.69. The summed E-state index contributed by atoms with van der Waals surface area (Å²) in [5.41, 5.74) is -0.710. The number of nitrogens with zero attached hydrogens (tertiary/aromatic N) is 2. The van der Waals surface area contributed by atoms with Gasteiger partial charge >= 0.3 is 6.11 Å². The number of carbonyl (C=O) groups excluding carboxylic acids is 1. The maximum absolute atomic E-state index is 15.1. The summed E-state index contributed by atoms with van der Waals surface area (Å²) < 4.78 is 84.2. The van der Waals surface area contributed by atoms with Gasteiger partial charge in [0.25, 0.3) is 0 Å². The van der Waals surface area contributed by atoms with E-state index in [0.29, 0.717) is 18.4 Å². The molecule has 2 atom stereocenters. The van der Waals surface area contributed by atoms with Crippen LogP contribution < -0.4 is 15.4 Å². The van der Waals surface area contributed by atoms with E-state index >= 15 is 8.78 Å². The SMILES string of the molecule is CC#CC(NCC(CS(=O)(=O)Cc1cccnc1)C(=O)NC1(C#N)CC1)C(F)(F)Oc1ccc(S(C)(=O)=O)cc1. The molecule has 214 valence electrons. The number of nitriles is 1. The highest BCUT2D eigenvalue weighted by Gasteiger charge is 2.47. The molecule has 1 heterocycles. The van der Waals surface area contributed by atoms with E-state index in [-0.39, 0.29) is 10.6 Å². The Morgan fingerprint density at radius 1 is 1.20 bits per heavy atom. The summed E-state index contributed by atoms with van der Waals surface area (Å²) in [5.74, 6) is 1.08. The third-order valence-corrected chi connectivity index (χ3v) is 8.77. The second-order valence-electron chi connectivity index (χ2n) is 9.44. The van der Waals surface area contributed by atoms with Gasteiger partial charge in [-0.2, -0.15) is 14.0 Å². The largest absolute Gasteiger partial charge is 0.431 e. The minimum atomic E-state index is -3.96. The number of hydrogen-bond acceptors (Lipinski definition) is 9. The van der Waals surface area contributed by atoms with Crippen molar-refractivity contribution in [2.24, 2.45) is 5.92 Å². The van der Waals surface area contributed by atoms with Gasteiger partial charge in [-0.05, 0) is 55.7 Å². The van der Waals surface area contributed by atoms with Crippen molar-refractivity contribution in [2.75, 3.05) is 18.6 Å². The number of hydrogen-bond donors (Lipinski definition) is 2. The number of ether oxygens (including phenoxy) is 1. The lowest BCUT2D eigenvalue weighted by atomic mass is 10.1. The number of rotatable bonds is 13. The number of nitrogens with one attached hydrogen (secondary N) is 2. The minimum Gasteiger partial charge on any atom is -0.431 e.